The van der Waals surface area contributed by atoms with Gasteiger partial charge < -0.3 is 29.7 Å². The first-order valence-corrected chi connectivity index (χ1v) is 22.8. The van der Waals surface area contributed by atoms with Gasteiger partial charge in [-0.2, -0.15) is 0 Å². The van der Waals surface area contributed by atoms with Crippen molar-refractivity contribution in [2.24, 2.45) is 0 Å². The van der Waals surface area contributed by atoms with Crippen LogP contribution in [0.1, 0.15) is 136 Å². The predicted molar refractivity (Wildman–Crippen MR) is 234 cm³/mol. The van der Waals surface area contributed by atoms with Crippen molar-refractivity contribution in [2.45, 2.75) is 154 Å². The molecule has 4 N–H and O–H groups in total. The van der Waals surface area contributed by atoms with Crippen LogP contribution < -0.4 is 0 Å². The fraction of sp³-hybridized carbons (Fsp3) is 0.609. The van der Waals surface area contributed by atoms with Gasteiger partial charge in [0.2, 0.25) is 0 Å². The number of aliphatic hydroxyl groups excluding tert-OH is 3. The maximum atomic E-state index is 12.6. The molecule has 1 unspecified atom stereocenters. The monoisotopic (exact) mass is 835 g/mol. The summed E-state index contributed by atoms with van der Waals surface area (Å²) in [5, 5.41) is 28.6. The first-order chi connectivity index (χ1) is 28.1. The van der Waals surface area contributed by atoms with E-state index in [-0.39, 0.29) is 12.8 Å². The van der Waals surface area contributed by atoms with Gasteiger partial charge in [0, 0.05) is 12.8 Å². The number of phosphoric acid groups is 1. The van der Waals surface area contributed by atoms with Crippen LogP contribution in [0.15, 0.2) is 97.2 Å². The maximum Gasteiger partial charge on any atom is 0.472 e. The number of carbonyl (C=O) groups excluding carboxylic acids is 2. The van der Waals surface area contributed by atoms with Crippen LogP contribution in [0.5, 0.6) is 0 Å². The Labute approximate surface area is 349 Å². The molecule has 0 bridgehead atoms. The van der Waals surface area contributed by atoms with Crippen molar-refractivity contribution in [3.05, 3.63) is 97.2 Å². The van der Waals surface area contributed by atoms with Crippen LogP contribution in [0.25, 0.3) is 0 Å². The molecule has 0 radical (unpaired) electrons. The molecule has 0 saturated carbocycles. The third-order valence-electron chi connectivity index (χ3n) is 8.32. The predicted octanol–water partition coefficient (Wildman–Crippen LogP) is 10.2. The quantitative estimate of drug-likeness (QED) is 0.0154. The molecule has 0 amide bonds. The second-order valence-electron chi connectivity index (χ2n) is 13.9. The highest BCUT2D eigenvalue weighted by Crippen LogP contribution is 2.43. The van der Waals surface area contributed by atoms with Crippen LogP contribution in [0.4, 0.5) is 0 Å². The van der Waals surface area contributed by atoms with E-state index in [2.05, 4.69) is 79.1 Å². The highest BCUT2D eigenvalue weighted by atomic mass is 31.2. The van der Waals surface area contributed by atoms with Crippen LogP contribution in [-0.2, 0) is 32.7 Å². The topological polar surface area (TPSA) is 169 Å². The summed E-state index contributed by atoms with van der Waals surface area (Å²) >= 11 is 0. The van der Waals surface area contributed by atoms with Gasteiger partial charge in [0.05, 0.1) is 25.9 Å². The van der Waals surface area contributed by atoms with E-state index in [0.29, 0.717) is 25.7 Å². The Morgan fingerprint density at radius 3 is 1.60 bits per heavy atom. The minimum atomic E-state index is -4.69. The lowest BCUT2D eigenvalue weighted by molar-refractivity contribution is -0.161. The number of rotatable bonds is 38. The van der Waals surface area contributed by atoms with Gasteiger partial charge in [0.15, 0.2) is 6.10 Å². The molecule has 330 valence electrons. The highest BCUT2D eigenvalue weighted by molar-refractivity contribution is 7.47. The van der Waals surface area contributed by atoms with Crippen LogP contribution in [0.3, 0.4) is 0 Å². The van der Waals surface area contributed by atoms with Gasteiger partial charge in [-0.3, -0.25) is 18.6 Å². The standard InChI is InChI=1S/C46H75O11P/c1-3-5-7-9-11-13-15-17-18-19-20-22-24-26-28-30-32-36-45(50)54-40-44(41-56-58(52,53)55-39-43(49)38-47)57-46(51)37-33-35-42(48)34-31-29-27-25-23-21-16-14-12-10-8-6-4-2/h11-14,17-18,20-23,26-29,31,34,42-44,47-49H,3-10,15-16,19,24-25,30,32-33,35-41H2,1-2H3,(H,52,53)/b13-11-,14-12-,18-17-,22-20-,23-21-,28-26-,29-27-,34-31+/t42-,43-,44+/m0/s1. The van der Waals surface area contributed by atoms with Gasteiger partial charge in [0.1, 0.15) is 12.7 Å². The Morgan fingerprint density at radius 1 is 0.586 bits per heavy atom. The van der Waals surface area contributed by atoms with Crippen molar-refractivity contribution in [1.29, 1.82) is 0 Å². The van der Waals surface area contributed by atoms with Gasteiger partial charge in [-0.25, -0.2) is 4.57 Å². The second-order valence-corrected chi connectivity index (χ2v) is 15.3. The van der Waals surface area contributed by atoms with Gasteiger partial charge in [-0.15, -0.1) is 0 Å². The number of phosphoric ester groups is 1. The van der Waals surface area contributed by atoms with Crippen molar-refractivity contribution in [3.8, 4) is 0 Å². The summed E-state index contributed by atoms with van der Waals surface area (Å²) in [5.41, 5.74) is 0. The van der Waals surface area contributed by atoms with Crippen molar-refractivity contribution in [2.75, 3.05) is 26.4 Å². The summed E-state index contributed by atoms with van der Waals surface area (Å²) in [7, 11) is -4.69. The molecule has 0 fully saturated rings. The highest BCUT2D eigenvalue weighted by Gasteiger charge is 2.27. The molecular formula is C46H75O11P. The summed E-state index contributed by atoms with van der Waals surface area (Å²) in [6, 6.07) is 0. The van der Waals surface area contributed by atoms with Crippen molar-refractivity contribution < 1.29 is 52.9 Å². The van der Waals surface area contributed by atoms with Gasteiger partial charge in [0.25, 0.3) is 0 Å². The summed E-state index contributed by atoms with van der Waals surface area (Å²) < 4.78 is 32.5. The zero-order valence-electron chi connectivity index (χ0n) is 35.3. The molecule has 0 aromatic heterocycles. The van der Waals surface area contributed by atoms with E-state index in [9.17, 15) is 29.3 Å². The van der Waals surface area contributed by atoms with Crippen molar-refractivity contribution in [1.82, 2.24) is 0 Å². The molecule has 0 aromatic rings. The fourth-order valence-corrected chi connectivity index (χ4v) is 5.76. The number of aliphatic hydroxyl groups is 3. The van der Waals surface area contributed by atoms with E-state index in [4.69, 9.17) is 19.1 Å². The number of hydrogen-bond acceptors (Lipinski definition) is 10. The SMILES string of the molecule is CCCCC/C=C\C/C=C\C/C=C\C=C\[C@H](O)CCCC(=O)O[C@H](COC(=O)CCC/C=C\C/C=C\C/C=C\C/C=C\CCCCC)COP(=O)(O)OC[C@@H](O)CO. The smallest absolute Gasteiger partial charge is 0.462 e. The molecule has 0 spiro atoms. The van der Waals surface area contributed by atoms with E-state index in [1.165, 1.54) is 38.5 Å². The molecule has 4 atom stereocenters. The van der Waals surface area contributed by atoms with Crippen LogP contribution in [0, 0.1) is 0 Å². The normalized spacial score (nSPS) is 15.3. The Kier molecular flexibility index (Phi) is 38.4. The minimum Gasteiger partial charge on any atom is -0.462 e. The van der Waals surface area contributed by atoms with E-state index in [1.54, 1.807) is 12.2 Å². The Balaban J connectivity index is 4.63. The zero-order chi connectivity index (χ0) is 42.8. The third kappa shape index (κ3) is 39.7. The van der Waals surface area contributed by atoms with Crippen molar-refractivity contribution >= 4 is 19.8 Å². The molecule has 0 heterocycles. The van der Waals surface area contributed by atoms with Gasteiger partial charge in [-0.05, 0) is 83.5 Å². The fourth-order valence-electron chi connectivity index (χ4n) is 4.97. The zero-order valence-corrected chi connectivity index (χ0v) is 36.2. The summed E-state index contributed by atoms with van der Waals surface area (Å²) in [5.74, 6) is -1.20. The van der Waals surface area contributed by atoms with E-state index >= 15 is 0 Å². The first kappa shape index (κ1) is 54.9. The van der Waals surface area contributed by atoms with Crippen molar-refractivity contribution in [3.63, 3.8) is 0 Å². The lowest BCUT2D eigenvalue weighted by Gasteiger charge is -2.20. The average Bonchev–Trinajstić information content (AvgIpc) is 3.20. The maximum absolute atomic E-state index is 12.6. The molecule has 58 heavy (non-hydrogen) atoms. The van der Waals surface area contributed by atoms with Gasteiger partial charge >= 0.3 is 19.8 Å². The van der Waals surface area contributed by atoms with Crippen LogP contribution in [-0.4, -0.2) is 76.9 Å². The molecule has 0 aliphatic rings. The summed E-state index contributed by atoms with van der Waals surface area (Å²) in [4.78, 5) is 35.0. The molecular weight excluding hydrogens is 759 g/mol. The average molecular weight is 835 g/mol. The number of ether oxygens (including phenoxy) is 2. The minimum absolute atomic E-state index is 0.0614. The summed E-state index contributed by atoms with van der Waals surface area (Å²) in [6.45, 7) is 2.01. The molecule has 0 rings (SSSR count). The van der Waals surface area contributed by atoms with Crippen LogP contribution in [0.2, 0.25) is 0 Å². The Hall–Kier alpha value is -3.15. The van der Waals surface area contributed by atoms with E-state index in [0.717, 1.165) is 44.9 Å². The largest absolute Gasteiger partial charge is 0.472 e. The van der Waals surface area contributed by atoms with Gasteiger partial charge in [-0.1, -0.05) is 137 Å². The lowest BCUT2D eigenvalue weighted by atomic mass is 10.1. The van der Waals surface area contributed by atoms with Crippen LogP contribution >= 0.6 is 7.82 Å². The molecule has 12 heteroatoms. The number of esters is 2. The number of allylic oxidation sites excluding steroid dienone is 15. The van der Waals surface area contributed by atoms with E-state index in [1.807, 2.05) is 24.3 Å². The number of carbonyl (C=O) groups is 2. The lowest BCUT2D eigenvalue weighted by Crippen LogP contribution is -2.30. The first-order valence-electron chi connectivity index (χ1n) is 21.3. The molecule has 11 nitrogen and oxygen atoms in total. The summed E-state index contributed by atoms with van der Waals surface area (Å²) in [6.07, 6.45) is 45.5. The van der Waals surface area contributed by atoms with E-state index < -0.39 is 64.5 Å². The molecule has 0 aromatic carbocycles. The number of hydrogen-bond donors (Lipinski definition) is 4. The Bertz CT molecular complexity index is 1300. The second kappa shape index (κ2) is 40.6. The number of unbranched alkanes of at least 4 members (excludes halogenated alkanes) is 7. The Morgan fingerprint density at radius 2 is 1.07 bits per heavy atom. The molecule has 0 saturated heterocycles. The third-order valence-corrected chi connectivity index (χ3v) is 9.27. The molecule has 0 aliphatic carbocycles. The molecule has 0 aliphatic heterocycles.